The summed E-state index contributed by atoms with van der Waals surface area (Å²) in [6, 6.07) is 4.36. The van der Waals surface area contributed by atoms with E-state index in [0.29, 0.717) is 5.56 Å². The number of benzene rings is 1. The number of phenolic OH excluding ortho intramolecular Hbond substituents is 1. The third-order valence-electron chi connectivity index (χ3n) is 4.35. The van der Waals surface area contributed by atoms with Crippen molar-refractivity contribution in [3.8, 4) is 5.75 Å². The Morgan fingerprint density at radius 1 is 1.03 bits per heavy atom. The Kier molecular flexibility index (Phi) is 12.3. The number of carboxylic acid groups (broad SMARTS) is 1. The van der Waals surface area contributed by atoms with Crippen molar-refractivity contribution >= 4 is 30.2 Å². The summed E-state index contributed by atoms with van der Waals surface area (Å²) < 4.78 is 15.6. The van der Waals surface area contributed by atoms with Gasteiger partial charge in [-0.1, -0.05) is 24.8 Å². The summed E-state index contributed by atoms with van der Waals surface area (Å²) in [5.41, 5.74) is -1.35. The van der Waals surface area contributed by atoms with E-state index in [1.54, 1.807) is 41.5 Å². The van der Waals surface area contributed by atoms with Gasteiger partial charge in [-0.2, -0.15) is 0 Å². The molecule has 0 bridgehead atoms. The van der Waals surface area contributed by atoms with Gasteiger partial charge in [0.1, 0.15) is 23.6 Å². The van der Waals surface area contributed by atoms with Crippen LogP contribution in [0.15, 0.2) is 41.9 Å². The van der Waals surface area contributed by atoms with Gasteiger partial charge >= 0.3 is 24.2 Å². The van der Waals surface area contributed by atoms with E-state index in [2.05, 4.69) is 22.2 Å². The number of rotatable bonds is 9. The van der Waals surface area contributed by atoms with E-state index >= 15 is 0 Å². The molecule has 1 aromatic rings. The van der Waals surface area contributed by atoms with Gasteiger partial charge < -0.3 is 29.7 Å². The average molecular weight is 551 g/mol. The van der Waals surface area contributed by atoms with Crippen molar-refractivity contribution in [3.05, 3.63) is 42.5 Å². The van der Waals surface area contributed by atoms with Gasteiger partial charge in [0.25, 0.3) is 0 Å². The number of ether oxygens (including phenoxy) is 3. The summed E-state index contributed by atoms with van der Waals surface area (Å²) in [6.07, 6.45) is -1.51. The molecule has 0 aliphatic carbocycles. The van der Waals surface area contributed by atoms with Gasteiger partial charge in [0, 0.05) is 19.5 Å². The molecule has 0 unspecified atom stereocenters. The molecule has 1 rings (SSSR count). The highest BCUT2D eigenvalue weighted by Crippen LogP contribution is 2.15. The van der Waals surface area contributed by atoms with Crippen LogP contribution in [0.1, 0.15) is 47.1 Å². The second-order valence-corrected chi connectivity index (χ2v) is 10.3. The first kappa shape index (κ1) is 32.7. The fourth-order valence-corrected chi connectivity index (χ4v) is 2.81. The molecule has 0 fully saturated rings. The lowest BCUT2D eigenvalue weighted by molar-refractivity contribution is -0.138. The third-order valence-corrected chi connectivity index (χ3v) is 4.35. The minimum Gasteiger partial charge on any atom is -0.508 e. The van der Waals surface area contributed by atoms with Crippen LogP contribution in [-0.4, -0.2) is 82.3 Å². The summed E-state index contributed by atoms with van der Waals surface area (Å²) in [6.45, 7) is 12.7. The number of nitrogens with zero attached hydrogens (tertiary/aromatic N) is 2. The number of aliphatic carboxylic acids is 1. The number of nitrogens with one attached hydrogen (secondary N) is 2. The topological polar surface area (TPSA) is 176 Å². The molecule has 0 saturated heterocycles. The zero-order valence-electron chi connectivity index (χ0n) is 23.1. The Morgan fingerprint density at radius 3 is 2.13 bits per heavy atom. The highest BCUT2D eigenvalue weighted by Gasteiger charge is 2.30. The second kappa shape index (κ2) is 14.6. The van der Waals surface area contributed by atoms with Crippen molar-refractivity contribution in [1.82, 2.24) is 15.5 Å². The minimum atomic E-state index is -1.46. The SMILES string of the molecule is C=CCOC(=O)NCCN(C(=O)OC(C)(C)C)C(=N[C@@H](Cc1ccc(O)cc1)C(=O)O)NC(=O)OC(C)(C)C. The number of hydrogen-bond donors (Lipinski definition) is 4. The second-order valence-electron chi connectivity index (χ2n) is 10.3. The van der Waals surface area contributed by atoms with Crippen molar-refractivity contribution in [3.63, 3.8) is 0 Å². The first-order valence-corrected chi connectivity index (χ1v) is 12.1. The van der Waals surface area contributed by atoms with Crippen molar-refractivity contribution in [2.75, 3.05) is 19.7 Å². The molecule has 4 N–H and O–H groups in total. The molecule has 0 heterocycles. The predicted octanol–water partition coefficient (Wildman–Crippen LogP) is 3.42. The van der Waals surface area contributed by atoms with E-state index in [1.807, 2.05) is 0 Å². The van der Waals surface area contributed by atoms with Gasteiger partial charge in [-0.3, -0.25) is 5.32 Å². The number of carboxylic acids is 1. The number of amides is 3. The van der Waals surface area contributed by atoms with E-state index in [9.17, 15) is 29.4 Å². The fourth-order valence-electron chi connectivity index (χ4n) is 2.81. The van der Waals surface area contributed by atoms with Gasteiger partial charge in [-0.25, -0.2) is 29.1 Å². The van der Waals surface area contributed by atoms with Crippen molar-refractivity contribution in [1.29, 1.82) is 0 Å². The smallest absolute Gasteiger partial charge is 0.417 e. The lowest BCUT2D eigenvalue weighted by Crippen LogP contribution is -2.52. The monoisotopic (exact) mass is 550 g/mol. The molecule has 0 aromatic heterocycles. The van der Waals surface area contributed by atoms with Gasteiger partial charge in [0.05, 0.1) is 0 Å². The van der Waals surface area contributed by atoms with Crippen LogP contribution in [0.25, 0.3) is 0 Å². The number of hydrogen-bond acceptors (Lipinski definition) is 9. The number of carbonyl (C=O) groups excluding carboxylic acids is 3. The molecule has 0 aliphatic heterocycles. The maximum atomic E-state index is 13.2. The lowest BCUT2D eigenvalue weighted by Gasteiger charge is -2.29. The third kappa shape index (κ3) is 13.7. The van der Waals surface area contributed by atoms with Gasteiger partial charge in [0.15, 0.2) is 6.04 Å². The van der Waals surface area contributed by atoms with Crippen molar-refractivity contribution < 1.29 is 43.6 Å². The van der Waals surface area contributed by atoms with E-state index in [1.165, 1.54) is 30.3 Å². The largest absolute Gasteiger partial charge is 0.508 e. The van der Waals surface area contributed by atoms with Crippen LogP contribution >= 0.6 is 0 Å². The highest BCUT2D eigenvalue weighted by atomic mass is 16.6. The zero-order valence-corrected chi connectivity index (χ0v) is 23.1. The summed E-state index contributed by atoms with van der Waals surface area (Å²) >= 11 is 0. The molecule has 3 amide bonds. The molecule has 0 spiro atoms. The maximum absolute atomic E-state index is 13.2. The van der Waals surface area contributed by atoms with Crippen molar-refractivity contribution in [2.45, 2.75) is 65.2 Å². The number of aliphatic imine (C=N–C) groups is 1. The Balaban J connectivity index is 3.44. The molecule has 13 nitrogen and oxygen atoms in total. The number of aromatic hydroxyl groups is 1. The fraction of sp³-hybridized carbons (Fsp3) is 0.500. The van der Waals surface area contributed by atoms with Crippen LogP contribution in [0.3, 0.4) is 0 Å². The zero-order chi connectivity index (χ0) is 29.8. The molecule has 1 aromatic carbocycles. The van der Waals surface area contributed by atoms with E-state index in [0.717, 1.165) is 4.90 Å². The Bertz CT molecular complexity index is 1040. The first-order chi connectivity index (χ1) is 18.0. The van der Waals surface area contributed by atoms with Crippen LogP contribution in [0.5, 0.6) is 5.75 Å². The average Bonchev–Trinajstić information content (AvgIpc) is 2.78. The molecule has 216 valence electrons. The number of carbonyl (C=O) groups is 4. The predicted molar refractivity (Wildman–Crippen MR) is 143 cm³/mol. The molecule has 0 aliphatic rings. The molecule has 0 radical (unpaired) electrons. The van der Waals surface area contributed by atoms with Gasteiger partial charge in [-0.05, 0) is 59.2 Å². The number of phenols is 1. The normalized spacial score (nSPS) is 12.5. The Morgan fingerprint density at radius 2 is 1.62 bits per heavy atom. The number of guanidine groups is 1. The van der Waals surface area contributed by atoms with Crippen LogP contribution in [0.2, 0.25) is 0 Å². The molecular weight excluding hydrogens is 512 g/mol. The first-order valence-electron chi connectivity index (χ1n) is 12.1. The number of alkyl carbamates (subject to hydrolysis) is 2. The van der Waals surface area contributed by atoms with E-state index < -0.39 is 47.5 Å². The molecule has 0 saturated carbocycles. The van der Waals surface area contributed by atoms with Gasteiger partial charge in [0.2, 0.25) is 5.96 Å². The summed E-state index contributed by atoms with van der Waals surface area (Å²) in [4.78, 5) is 54.9. The van der Waals surface area contributed by atoms with Crippen LogP contribution in [0, 0.1) is 0 Å². The lowest BCUT2D eigenvalue weighted by atomic mass is 10.1. The van der Waals surface area contributed by atoms with Crippen molar-refractivity contribution in [2.24, 2.45) is 4.99 Å². The van der Waals surface area contributed by atoms with E-state index in [-0.39, 0.29) is 31.9 Å². The minimum absolute atomic E-state index is 0.00312. The highest BCUT2D eigenvalue weighted by molar-refractivity contribution is 6.02. The molecule has 1 atom stereocenters. The maximum Gasteiger partial charge on any atom is 0.417 e. The standard InChI is InChI=1S/C26H38N4O9/c1-8-15-37-22(34)27-13-14-30(24(36)39-26(5,6)7)21(29-23(35)38-25(2,3)4)28-19(20(32)33)16-17-9-11-18(31)12-10-17/h8-12,19,31H,1,13-16H2,2-7H3,(H,27,34)(H,32,33)(H,28,29,35)/t19-/m0/s1. The van der Waals surface area contributed by atoms with Crippen LogP contribution in [0.4, 0.5) is 14.4 Å². The molecule has 39 heavy (non-hydrogen) atoms. The van der Waals surface area contributed by atoms with Crippen LogP contribution < -0.4 is 10.6 Å². The van der Waals surface area contributed by atoms with Crippen LogP contribution in [-0.2, 0) is 25.4 Å². The summed E-state index contributed by atoms with van der Waals surface area (Å²) in [5.74, 6) is -1.82. The van der Waals surface area contributed by atoms with E-state index in [4.69, 9.17) is 14.2 Å². The molecule has 13 heteroatoms. The quantitative estimate of drug-likeness (QED) is 0.155. The molecular formula is C26H38N4O9. The summed E-state index contributed by atoms with van der Waals surface area (Å²) in [5, 5.41) is 24.2. The Hall–Kier alpha value is -4.29. The van der Waals surface area contributed by atoms with Gasteiger partial charge in [-0.15, -0.1) is 0 Å². The Labute approximate surface area is 227 Å². The summed E-state index contributed by atoms with van der Waals surface area (Å²) in [7, 11) is 0.